The smallest absolute Gasteiger partial charge is 0.240 e. The van der Waals surface area contributed by atoms with Gasteiger partial charge in [-0.05, 0) is 41.2 Å². The van der Waals surface area contributed by atoms with Crippen molar-refractivity contribution >= 4 is 29.1 Å². The van der Waals surface area contributed by atoms with Gasteiger partial charge in [-0.25, -0.2) is 0 Å². The van der Waals surface area contributed by atoms with Crippen molar-refractivity contribution in [2.75, 3.05) is 18.0 Å². The topological polar surface area (TPSA) is 49.4 Å². The van der Waals surface area contributed by atoms with Crippen LogP contribution in [0.1, 0.15) is 38.8 Å². The van der Waals surface area contributed by atoms with Gasteiger partial charge in [0.05, 0.1) is 0 Å². The molecule has 0 fully saturated rings. The highest BCUT2D eigenvalue weighted by Crippen LogP contribution is 2.31. The number of anilines is 1. The van der Waals surface area contributed by atoms with Crippen molar-refractivity contribution in [3.63, 3.8) is 0 Å². The standard InChI is InChI=1S/C22H27ClN2O2/c1-16(26)25(20-11-6-5-10-19(20)22(2,3)4)15-21(27)24-13-12-17-8-7-9-18(23)14-17/h5-11,14H,12-13,15H2,1-4H3,(H,24,27). The molecule has 27 heavy (non-hydrogen) atoms. The Bertz CT molecular complexity index is 812. The Kier molecular flexibility index (Phi) is 7.03. The third kappa shape index (κ3) is 6.10. The molecule has 0 saturated heterocycles. The molecule has 0 aromatic heterocycles. The number of nitrogens with one attached hydrogen (secondary N) is 1. The lowest BCUT2D eigenvalue weighted by Crippen LogP contribution is -2.41. The molecule has 0 unspecified atom stereocenters. The number of para-hydroxylation sites is 1. The molecule has 0 saturated carbocycles. The molecule has 0 bridgehead atoms. The summed E-state index contributed by atoms with van der Waals surface area (Å²) in [5.74, 6) is -0.340. The molecular weight excluding hydrogens is 360 g/mol. The van der Waals surface area contributed by atoms with Gasteiger partial charge in [0, 0.05) is 24.2 Å². The molecule has 0 atom stereocenters. The first kappa shape index (κ1) is 21.0. The van der Waals surface area contributed by atoms with Crippen LogP contribution in [0.5, 0.6) is 0 Å². The quantitative estimate of drug-likeness (QED) is 0.802. The predicted octanol–water partition coefficient (Wildman–Crippen LogP) is 4.35. The lowest BCUT2D eigenvalue weighted by molar-refractivity contribution is -0.123. The van der Waals surface area contributed by atoms with Gasteiger partial charge < -0.3 is 10.2 Å². The monoisotopic (exact) mass is 386 g/mol. The Labute approximate surface area is 166 Å². The fraction of sp³-hybridized carbons (Fsp3) is 0.364. The van der Waals surface area contributed by atoms with E-state index >= 15 is 0 Å². The number of nitrogens with zero attached hydrogens (tertiary/aromatic N) is 1. The van der Waals surface area contributed by atoms with E-state index in [-0.39, 0.29) is 23.8 Å². The summed E-state index contributed by atoms with van der Waals surface area (Å²) >= 11 is 5.98. The zero-order chi connectivity index (χ0) is 20.0. The van der Waals surface area contributed by atoms with Crippen molar-refractivity contribution in [1.82, 2.24) is 5.32 Å². The average Bonchev–Trinajstić information content (AvgIpc) is 2.59. The Balaban J connectivity index is 2.04. The Morgan fingerprint density at radius 2 is 1.78 bits per heavy atom. The number of carbonyl (C=O) groups is 2. The number of benzene rings is 2. The molecule has 0 aliphatic carbocycles. The van der Waals surface area contributed by atoms with Gasteiger partial charge in [-0.15, -0.1) is 0 Å². The summed E-state index contributed by atoms with van der Waals surface area (Å²) in [5, 5.41) is 3.57. The van der Waals surface area contributed by atoms with Gasteiger partial charge in [-0.2, -0.15) is 0 Å². The Hall–Kier alpha value is -2.33. The summed E-state index contributed by atoms with van der Waals surface area (Å²) in [7, 11) is 0. The largest absolute Gasteiger partial charge is 0.354 e. The summed E-state index contributed by atoms with van der Waals surface area (Å²) in [4.78, 5) is 26.2. The van der Waals surface area contributed by atoms with Crippen LogP contribution in [0.15, 0.2) is 48.5 Å². The molecule has 2 rings (SSSR count). The van der Waals surface area contributed by atoms with E-state index in [1.807, 2.05) is 48.5 Å². The van der Waals surface area contributed by atoms with E-state index < -0.39 is 0 Å². The fourth-order valence-corrected chi connectivity index (χ4v) is 3.16. The normalized spacial score (nSPS) is 11.1. The van der Waals surface area contributed by atoms with Gasteiger partial charge in [0.1, 0.15) is 6.54 Å². The van der Waals surface area contributed by atoms with Crippen LogP contribution in [0.2, 0.25) is 5.02 Å². The van der Waals surface area contributed by atoms with E-state index in [0.29, 0.717) is 18.0 Å². The van der Waals surface area contributed by atoms with Crippen molar-refractivity contribution in [3.8, 4) is 0 Å². The molecule has 0 aliphatic rings. The third-order valence-corrected chi connectivity index (χ3v) is 4.54. The van der Waals surface area contributed by atoms with Gasteiger partial charge in [0.25, 0.3) is 0 Å². The zero-order valence-electron chi connectivity index (χ0n) is 16.4. The molecule has 0 heterocycles. The van der Waals surface area contributed by atoms with Crippen LogP contribution in [0.4, 0.5) is 5.69 Å². The lowest BCUT2D eigenvalue weighted by Gasteiger charge is -2.29. The second-order valence-corrected chi connectivity index (χ2v) is 8.04. The number of rotatable bonds is 6. The van der Waals surface area contributed by atoms with Crippen LogP contribution in [0.25, 0.3) is 0 Å². The van der Waals surface area contributed by atoms with Crippen molar-refractivity contribution in [1.29, 1.82) is 0 Å². The minimum atomic E-state index is -0.184. The van der Waals surface area contributed by atoms with E-state index in [0.717, 1.165) is 16.8 Å². The van der Waals surface area contributed by atoms with Crippen LogP contribution in [0.3, 0.4) is 0 Å². The third-order valence-electron chi connectivity index (χ3n) is 4.31. The van der Waals surface area contributed by atoms with Crippen LogP contribution < -0.4 is 10.2 Å². The molecule has 2 amide bonds. The minimum Gasteiger partial charge on any atom is -0.354 e. The highest BCUT2D eigenvalue weighted by atomic mass is 35.5. The SMILES string of the molecule is CC(=O)N(CC(=O)NCCc1cccc(Cl)c1)c1ccccc1C(C)(C)C. The van der Waals surface area contributed by atoms with E-state index in [4.69, 9.17) is 11.6 Å². The van der Waals surface area contributed by atoms with Gasteiger partial charge in [-0.3, -0.25) is 9.59 Å². The first-order valence-corrected chi connectivity index (χ1v) is 9.45. The lowest BCUT2D eigenvalue weighted by atomic mass is 9.85. The maximum absolute atomic E-state index is 12.4. The number of hydrogen-bond acceptors (Lipinski definition) is 2. The second kappa shape index (κ2) is 9.05. The number of halogens is 1. The average molecular weight is 387 g/mol. The van der Waals surface area contributed by atoms with Crippen molar-refractivity contribution < 1.29 is 9.59 Å². The molecule has 0 radical (unpaired) electrons. The summed E-state index contributed by atoms with van der Waals surface area (Å²) in [6, 6.07) is 15.3. The molecule has 1 N–H and O–H groups in total. The van der Waals surface area contributed by atoms with Crippen LogP contribution in [0, 0.1) is 0 Å². The maximum atomic E-state index is 12.4. The Morgan fingerprint density at radius 3 is 2.41 bits per heavy atom. The molecule has 5 heteroatoms. The molecule has 2 aromatic rings. The van der Waals surface area contributed by atoms with E-state index in [1.165, 1.54) is 11.8 Å². The van der Waals surface area contributed by atoms with Crippen LogP contribution in [-0.4, -0.2) is 24.9 Å². The fourth-order valence-electron chi connectivity index (χ4n) is 2.95. The highest BCUT2D eigenvalue weighted by Gasteiger charge is 2.24. The van der Waals surface area contributed by atoms with Gasteiger partial charge in [0.2, 0.25) is 11.8 Å². The number of carbonyl (C=O) groups excluding carboxylic acids is 2. The summed E-state index contributed by atoms with van der Waals surface area (Å²) in [6.45, 7) is 8.25. The first-order chi connectivity index (χ1) is 12.7. The number of amides is 2. The highest BCUT2D eigenvalue weighted by molar-refractivity contribution is 6.30. The molecular formula is C22H27ClN2O2. The predicted molar refractivity (Wildman–Crippen MR) is 111 cm³/mol. The van der Waals surface area contributed by atoms with Crippen molar-refractivity contribution in [2.24, 2.45) is 0 Å². The molecule has 4 nitrogen and oxygen atoms in total. The summed E-state index contributed by atoms with van der Waals surface area (Å²) in [6.07, 6.45) is 0.685. The van der Waals surface area contributed by atoms with Crippen LogP contribution in [-0.2, 0) is 21.4 Å². The summed E-state index contributed by atoms with van der Waals surface area (Å²) < 4.78 is 0. The Morgan fingerprint density at radius 1 is 1.07 bits per heavy atom. The number of hydrogen-bond donors (Lipinski definition) is 1. The van der Waals surface area contributed by atoms with E-state index in [1.54, 1.807) is 0 Å². The summed E-state index contributed by atoms with van der Waals surface area (Å²) in [5.41, 5.74) is 2.74. The van der Waals surface area contributed by atoms with Crippen molar-refractivity contribution in [2.45, 2.75) is 39.5 Å². The molecule has 144 valence electrons. The van der Waals surface area contributed by atoms with Gasteiger partial charge in [-0.1, -0.05) is 62.7 Å². The molecule has 0 aliphatic heterocycles. The zero-order valence-corrected chi connectivity index (χ0v) is 17.1. The van der Waals surface area contributed by atoms with Crippen LogP contribution >= 0.6 is 11.6 Å². The van der Waals surface area contributed by atoms with Gasteiger partial charge >= 0.3 is 0 Å². The first-order valence-electron chi connectivity index (χ1n) is 9.07. The second-order valence-electron chi connectivity index (χ2n) is 7.60. The minimum absolute atomic E-state index is 0.00201. The van der Waals surface area contributed by atoms with E-state index in [9.17, 15) is 9.59 Å². The molecule has 2 aromatic carbocycles. The van der Waals surface area contributed by atoms with E-state index in [2.05, 4.69) is 26.1 Å². The maximum Gasteiger partial charge on any atom is 0.240 e. The van der Waals surface area contributed by atoms with Crippen molar-refractivity contribution in [3.05, 3.63) is 64.7 Å². The molecule has 0 spiro atoms. The van der Waals surface area contributed by atoms with Gasteiger partial charge in [0.15, 0.2) is 0 Å².